The second-order valence-electron chi connectivity index (χ2n) is 5.41. The van der Waals surface area contributed by atoms with Gasteiger partial charge in [-0.25, -0.2) is 4.79 Å². The van der Waals surface area contributed by atoms with Gasteiger partial charge in [0.05, 0.1) is 25.3 Å². The molecule has 2 aromatic rings. The van der Waals surface area contributed by atoms with Crippen LogP contribution in [0.4, 0.5) is 5.69 Å². The Morgan fingerprint density at radius 2 is 1.96 bits per heavy atom. The monoisotopic (exact) mass is 375 g/mol. The van der Waals surface area contributed by atoms with Crippen LogP contribution in [0.5, 0.6) is 5.75 Å². The lowest BCUT2D eigenvalue weighted by molar-refractivity contribution is -0.385. The highest BCUT2D eigenvalue weighted by Gasteiger charge is 2.14. The Morgan fingerprint density at radius 3 is 2.59 bits per heavy atom. The molecule has 1 amide bonds. The van der Waals surface area contributed by atoms with Crippen molar-refractivity contribution < 1.29 is 24.0 Å². The quantitative estimate of drug-likeness (QED) is 0.432. The van der Waals surface area contributed by atoms with Gasteiger partial charge >= 0.3 is 5.97 Å². The van der Waals surface area contributed by atoms with E-state index in [4.69, 9.17) is 4.74 Å². The van der Waals surface area contributed by atoms with Gasteiger partial charge in [0, 0.05) is 18.7 Å². The third-order valence-corrected chi connectivity index (χ3v) is 3.65. The van der Waals surface area contributed by atoms with Crippen molar-refractivity contribution in [2.45, 2.75) is 13.1 Å². The molecule has 0 atom stereocenters. The fraction of sp³-hybridized carbons (Fsp3) is 0.235. The van der Waals surface area contributed by atoms with E-state index < -0.39 is 22.4 Å². The van der Waals surface area contributed by atoms with E-state index in [9.17, 15) is 24.5 Å². The van der Waals surface area contributed by atoms with Crippen LogP contribution in [0, 0.1) is 10.1 Å². The summed E-state index contributed by atoms with van der Waals surface area (Å²) in [6, 6.07) is 6.84. The van der Waals surface area contributed by atoms with Crippen LogP contribution in [-0.2, 0) is 22.6 Å². The lowest BCUT2D eigenvalue weighted by atomic mass is 10.1. The molecule has 27 heavy (non-hydrogen) atoms. The lowest BCUT2D eigenvalue weighted by Crippen LogP contribution is -2.31. The molecule has 1 heterocycles. The normalized spacial score (nSPS) is 10.1. The minimum Gasteiger partial charge on any atom is -0.496 e. The van der Waals surface area contributed by atoms with Crippen LogP contribution in [0.2, 0.25) is 0 Å². The van der Waals surface area contributed by atoms with E-state index in [-0.39, 0.29) is 24.3 Å². The molecule has 1 aromatic heterocycles. The van der Waals surface area contributed by atoms with E-state index in [2.05, 4.69) is 10.1 Å². The van der Waals surface area contributed by atoms with Crippen LogP contribution in [0.1, 0.15) is 15.9 Å². The number of carbonyl (C=O) groups excluding carboxylic acids is 2. The molecule has 142 valence electrons. The van der Waals surface area contributed by atoms with Gasteiger partial charge in [-0.05, 0) is 17.7 Å². The minimum absolute atomic E-state index is 0.0799. The van der Waals surface area contributed by atoms with Crippen molar-refractivity contribution >= 4 is 17.6 Å². The van der Waals surface area contributed by atoms with Crippen molar-refractivity contribution in [3.05, 3.63) is 68.1 Å². The highest BCUT2D eigenvalue weighted by molar-refractivity contribution is 5.92. The van der Waals surface area contributed by atoms with Crippen molar-refractivity contribution in [2.75, 3.05) is 14.2 Å². The fourth-order valence-electron chi connectivity index (χ4n) is 2.30. The number of nitrogens with zero attached hydrogens (tertiary/aromatic N) is 2. The van der Waals surface area contributed by atoms with E-state index in [0.29, 0.717) is 11.3 Å². The zero-order valence-electron chi connectivity index (χ0n) is 14.6. The average Bonchev–Trinajstić information content (AvgIpc) is 2.67. The molecular weight excluding hydrogens is 358 g/mol. The predicted molar refractivity (Wildman–Crippen MR) is 93.5 cm³/mol. The van der Waals surface area contributed by atoms with Crippen molar-refractivity contribution in [3.8, 4) is 5.75 Å². The summed E-state index contributed by atoms with van der Waals surface area (Å²) in [4.78, 5) is 45.7. The van der Waals surface area contributed by atoms with E-state index >= 15 is 0 Å². The third kappa shape index (κ3) is 4.91. The highest BCUT2D eigenvalue weighted by Crippen LogP contribution is 2.20. The lowest BCUT2D eigenvalue weighted by Gasteiger charge is -2.10. The van der Waals surface area contributed by atoms with Crippen LogP contribution in [-0.4, -0.2) is 35.6 Å². The van der Waals surface area contributed by atoms with Crippen LogP contribution < -0.4 is 15.6 Å². The number of esters is 1. The Balaban J connectivity index is 2.08. The molecule has 10 nitrogen and oxygen atoms in total. The molecule has 0 aliphatic heterocycles. The molecular formula is C17H17N3O7. The van der Waals surface area contributed by atoms with Crippen LogP contribution >= 0.6 is 0 Å². The number of benzene rings is 1. The molecule has 0 saturated heterocycles. The van der Waals surface area contributed by atoms with E-state index in [1.54, 1.807) is 12.1 Å². The number of nitrogens with one attached hydrogen (secondary N) is 1. The zero-order chi connectivity index (χ0) is 20.0. The molecule has 10 heteroatoms. The van der Waals surface area contributed by atoms with Crippen LogP contribution in [0.15, 0.2) is 41.3 Å². The van der Waals surface area contributed by atoms with Crippen molar-refractivity contribution in [2.24, 2.45) is 0 Å². The van der Waals surface area contributed by atoms with Crippen LogP contribution in [0.25, 0.3) is 0 Å². The van der Waals surface area contributed by atoms with Crippen molar-refractivity contribution in [1.82, 2.24) is 9.88 Å². The van der Waals surface area contributed by atoms with Crippen molar-refractivity contribution in [1.29, 1.82) is 0 Å². The second kappa shape index (κ2) is 8.61. The smallest absolute Gasteiger partial charge is 0.341 e. The number of nitro groups is 1. The summed E-state index contributed by atoms with van der Waals surface area (Å²) >= 11 is 0. The number of rotatable bonds is 7. The Bertz CT molecular complexity index is 936. The molecule has 2 rings (SSSR count). The summed E-state index contributed by atoms with van der Waals surface area (Å²) < 4.78 is 10.7. The maximum atomic E-state index is 12.1. The molecule has 0 aliphatic carbocycles. The minimum atomic E-state index is -0.653. The maximum absolute atomic E-state index is 12.1. The van der Waals surface area contributed by atoms with Gasteiger partial charge in [-0.3, -0.25) is 24.3 Å². The Morgan fingerprint density at radius 1 is 1.22 bits per heavy atom. The first kappa shape index (κ1) is 19.6. The van der Waals surface area contributed by atoms with Gasteiger partial charge < -0.3 is 14.8 Å². The molecule has 0 unspecified atom stereocenters. The Labute approximate surface area is 153 Å². The van der Waals surface area contributed by atoms with Gasteiger partial charge in [0.1, 0.15) is 17.9 Å². The third-order valence-electron chi connectivity index (χ3n) is 3.65. The van der Waals surface area contributed by atoms with Crippen molar-refractivity contribution in [3.63, 3.8) is 0 Å². The highest BCUT2D eigenvalue weighted by atomic mass is 16.6. The maximum Gasteiger partial charge on any atom is 0.341 e. The molecule has 1 aromatic carbocycles. The molecule has 0 radical (unpaired) electrons. The summed E-state index contributed by atoms with van der Waals surface area (Å²) in [6.45, 7) is -0.295. The van der Waals surface area contributed by atoms with E-state index in [1.165, 1.54) is 20.3 Å². The van der Waals surface area contributed by atoms with Gasteiger partial charge in [-0.15, -0.1) is 0 Å². The summed E-state index contributed by atoms with van der Waals surface area (Å²) in [6.07, 6.45) is 1.00. The van der Waals surface area contributed by atoms with Gasteiger partial charge in [0.2, 0.25) is 5.91 Å². The molecule has 0 bridgehead atoms. The number of carbonyl (C=O) groups is 2. The van der Waals surface area contributed by atoms with E-state index in [0.717, 1.165) is 22.9 Å². The number of methoxy groups -OCH3 is 2. The summed E-state index contributed by atoms with van der Waals surface area (Å²) in [7, 11) is 2.66. The number of hydrogen-bond acceptors (Lipinski definition) is 7. The molecule has 1 N–H and O–H groups in total. The number of amides is 1. The summed E-state index contributed by atoms with van der Waals surface area (Å²) in [5.74, 6) is -0.767. The fourth-order valence-corrected chi connectivity index (χ4v) is 2.30. The molecule has 0 saturated carbocycles. The van der Waals surface area contributed by atoms with Gasteiger partial charge in [0.25, 0.3) is 11.2 Å². The number of aromatic nitrogens is 1. The topological polar surface area (TPSA) is 130 Å². The number of hydrogen-bond donors (Lipinski definition) is 1. The zero-order valence-corrected chi connectivity index (χ0v) is 14.6. The van der Waals surface area contributed by atoms with Gasteiger partial charge in [-0.1, -0.05) is 6.07 Å². The van der Waals surface area contributed by atoms with Gasteiger partial charge in [0.15, 0.2) is 0 Å². The number of ether oxygens (including phenoxy) is 2. The Kier molecular flexibility index (Phi) is 6.26. The Hall–Kier alpha value is -3.69. The summed E-state index contributed by atoms with van der Waals surface area (Å²) in [5, 5.41) is 13.4. The second-order valence-corrected chi connectivity index (χ2v) is 5.41. The summed E-state index contributed by atoms with van der Waals surface area (Å²) in [5.41, 5.74) is -0.00830. The largest absolute Gasteiger partial charge is 0.496 e. The number of pyridine rings is 1. The first-order valence-corrected chi connectivity index (χ1v) is 7.72. The SMILES string of the molecule is COC(=O)c1cc(CNC(=O)Cn2cc([N+](=O)[O-])ccc2=O)ccc1OC. The molecule has 0 spiro atoms. The van der Waals surface area contributed by atoms with E-state index in [1.807, 2.05) is 0 Å². The molecule has 0 fully saturated rings. The standard InChI is InChI=1S/C17H17N3O7/c1-26-14-5-3-11(7-13(14)17(23)27-2)8-18-15(21)10-19-9-12(20(24)25)4-6-16(19)22/h3-7,9H,8,10H2,1-2H3,(H,18,21). The van der Waals surface area contributed by atoms with Crippen LogP contribution in [0.3, 0.4) is 0 Å². The first-order chi connectivity index (χ1) is 12.8. The average molecular weight is 375 g/mol. The van der Waals surface area contributed by atoms with Gasteiger partial charge in [-0.2, -0.15) is 0 Å². The molecule has 0 aliphatic rings. The predicted octanol–water partition coefficient (Wildman–Crippen LogP) is 0.868. The first-order valence-electron chi connectivity index (χ1n) is 7.72.